The smallest absolute Gasteiger partial charge is 0.136 e. The number of anilines is 3. The lowest BCUT2D eigenvalue weighted by atomic mass is 9.99. The van der Waals surface area contributed by atoms with E-state index in [1.54, 1.807) is 0 Å². The first kappa shape index (κ1) is 14.5. The zero-order valence-corrected chi connectivity index (χ0v) is 14.2. The Balaban J connectivity index is 1.48. The highest BCUT2D eigenvalue weighted by atomic mass is 15.3. The van der Waals surface area contributed by atoms with Crippen molar-refractivity contribution in [2.45, 2.75) is 25.3 Å². The van der Waals surface area contributed by atoms with Crippen LogP contribution in [0.25, 0.3) is 0 Å². The highest BCUT2D eigenvalue weighted by Crippen LogP contribution is 2.51. The molecule has 5 rings (SSSR count). The molecule has 0 radical (unpaired) electrons. The maximum Gasteiger partial charge on any atom is 0.136 e. The standard InChI is InChI=1S/C21H20N4/c1-14-22-20(24-16-7-3-2-4-8-16)12-21(23-14)25-13-15-11-19(25)18-10-6-5-9-17(15)18/h2-10,12,15,19H,11,13H2,1H3,(H,22,23,24)/t15-,19+/m1/s1. The summed E-state index contributed by atoms with van der Waals surface area (Å²) < 4.78 is 0. The van der Waals surface area contributed by atoms with Gasteiger partial charge in [-0.05, 0) is 36.6 Å². The van der Waals surface area contributed by atoms with E-state index in [1.807, 2.05) is 37.3 Å². The summed E-state index contributed by atoms with van der Waals surface area (Å²) in [5.74, 6) is 3.30. The number of nitrogens with one attached hydrogen (secondary N) is 1. The van der Waals surface area contributed by atoms with E-state index in [-0.39, 0.29) is 0 Å². The molecule has 0 amide bonds. The lowest BCUT2D eigenvalue weighted by molar-refractivity contribution is 0.726. The van der Waals surface area contributed by atoms with Crippen molar-refractivity contribution in [2.75, 3.05) is 16.8 Å². The molecule has 2 bridgehead atoms. The van der Waals surface area contributed by atoms with E-state index >= 15 is 0 Å². The molecule has 124 valence electrons. The fraction of sp³-hybridized carbons (Fsp3) is 0.238. The van der Waals surface area contributed by atoms with Gasteiger partial charge in [0.1, 0.15) is 17.5 Å². The van der Waals surface area contributed by atoms with Crippen LogP contribution in [-0.4, -0.2) is 16.5 Å². The number of hydrogen-bond acceptors (Lipinski definition) is 4. The molecule has 2 heterocycles. The summed E-state index contributed by atoms with van der Waals surface area (Å²) in [7, 11) is 0. The first-order valence-electron chi connectivity index (χ1n) is 8.81. The minimum atomic E-state index is 0.445. The maximum atomic E-state index is 4.72. The van der Waals surface area contributed by atoms with E-state index in [0.717, 1.165) is 29.7 Å². The Hall–Kier alpha value is -2.88. The Labute approximate surface area is 147 Å². The summed E-state index contributed by atoms with van der Waals surface area (Å²) in [4.78, 5) is 11.7. The number of hydrogen-bond donors (Lipinski definition) is 1. The second kappa shape index (κ2) is 5.59. The van der Waals surface area contributed by atoms with Gasteiger partial charge < -0.3 is 10.2 Å². The average molecular weight is 328 g/mol. The summed E-state index contributed by atoms with van der Waals surface area (Å²) in [6.07, 6.45) is 1.20. The number of rotatable bonds is 3. The van der Waals surface area contributed by atoms with Crippen molar-refractivity contribution in [1.29, 1.82) is 0 Å². The quantitative estimate of drug-likeness (QED) is 0.764. The molecular weight excluding hydrogens is 308 g/mol. The minimum absolute atomic E-state index is 0.445. The number of para-hydroxylation sites is 1. The number of nitrogens with zero attached hydrogens (tertiary/aromatic N) is 3. The molecular formula is C21H20N4. The van der Waals surface area contributed by atoms with Crippen LogP contribution in [-0.2, 0) is 0 Å². The molecule has 2 aliphatic rings. The molecule has 1 aliphatic heterocycles. The normalized spacial score (nSPS) is 20.6. The van der Waals surface area contributed by atoms with E-state index in [1.165, 1.54) is 17.5 Å². The van der Waals surface area contributed by atoms with Crippen LogP contribution < -0.4 is 10.2 Å². The molecule has 1 aliphatic carbocycles. The van der Waals surface area contributed by atoms with Crippen LogP contribution in [0.2, 0.25) is 0 Å². The molecule has 1 fully saturated rings. The second-order valence-corrected chi connectivity index (χ2v) is 6.88. The molecule has 1 aromatic heterocycles. The lowest BCUT2D eigenvalue weighted by Gasteiger charge is -2.30. The Morgan fingerprint density at radius 2 is 1.72 bits per heavy atom. The average Bonchev–Trinajstić information content (AvgIpc) is 3.22. The Morgan fingerprint density at radius 1 is 0.960 bits per heavy atom. The van der Waals surface area contributed by atoms with E-state index in [9.17, 15) is 0 Å². The van der Waals surface area contributed by atoms with Crippen LogP contribution in [0.4, 0.5) is 17.3 Å². The van der Waals surface area contributed by atoms with Gasteiger partial charge in [0.2, 0.25) is 0 Å². The molecule has 4 heteroatoms. The van der Waals surface area contributed by atoms with Crippen molar-refractivity contribution in [3.8, 4) is 0 Å². The predicted molar refractivity (Wildman–Crippen MR) is 100 cm³/mol. The van der Waals surface area contributed by atoms with Gasteiger partial charge in [-0.15, -0.1) is 0 Å². The lowest BCUT2D eigenvalue weighted by Crippen LogP contribution is -2.28. The second-order valence-electron chi connectivity index (χ2n) is 6.88. The number of benzene rings is 2. The fourth-order valence-electron chi connectivity index (χ4n) is 4.23. The molecule has 1 saturated heterocycles. The van der Waals surface area contributed by atoms with Crippen LogP contribution in [0.3, 0.4) is 0 Å². The first-order valence-corrected chi connectivity index (χ1v) is 8.81. The van der Waals surface area contributed by atoms with Gasteiger partial charge in [-0.25, -0.2) is 9.97 Å². The van der Waals surface area contributed by atoms with Crippen LogP contribution in [0.15, 0.2) is 60.7 Å². The largest absolute Gasteiger partial charge is 0.349 e. The SMILES string of the molecule is Cc1nc(Nc2ccccc2)cc(N2C[C@H]3C[C@H]2c2ccccc23)n1. The molecule has 4 nitrogen and oxygen atoms in total. The number of fused-ring (bicyclic) bond motifs is 5. The van der Waals surface area contributed by atoms with Gasteiger partial charge >= 0.3 is 0 Å². The zero-order chi connectivity index (χ0) is 16.8. The Morgan fingerprint density at radius 3 is 2.56 bits per heavy atom. The maximum absolute atomic E-state index is 4.72. The van der Waals surface area contributed by atoms with Gasteiger partial charge in [0, 0.05) is 24.2 Å². The topological polar surface area (TPSA) is 41.1 Å². The van der Waals surface area contributed by atoms with Gasteiger partial charge in [-0.1, -0.05) is 42.5 Å². The van der Waals surface area contributed by atoms with Crippen molar-refractivity contribution >= 4 is 17.3 Å². The van der Waals surface area contributed by atoms with Gasteiger partial charge in [0.25, 0.3) is 0 Å². The van der Waals surface area contributed by atoms with Crippen molar-refractivity contribution in [3.05, 3.63) is 77.6 Å². The van der Waals surface area contributed by atoms with Crippen molar-refractivity contribution in [1.82, 2.24) is 9.97 Å². The highest BCUT2D eigenvalue weighted by molar-refractivity contribution is 5.61. The number of aryl methyl sites for hydroxylation is 1. The van der Waals surface area contributed by atoms with Gasteiger partial charge in [-0.3, -0.25) is 0 Å². The van der Waals surface area contributed by atoms with Crippen LogP contribution in [0, 0.1) is 6.92 Å². The van der Waals surface area contributed by atoms with Crippen LogP contribution in [0.1, 0.15) is 35.3 Å². The van der Waals surface area contributed by atoms with Gasteiger partial charge in [0.15, 0.2) is 0 Å². The van der Waals surface area contributed by atoms with Gasteiger partial charge in [-0.2, -0.15) is 0 Å². The van der Waals surface area contributed by atoms with Crippen molar-refractivity contribution in [2.24, 2.45) is 0 Å². The van der Waals surface area contributed by atoms with Crippen molar-refractivity contribution in [3.63, 3.8) is 0 Å². The van der Waals surface area contributed by atoms with E-state index < -0.39 is 0 Å². The molecule has 2 atom stereocenters. The molecule has 0 unspecified atom stereocenters. The molecule has 2 aromatic carbocycles. The number of aromatic nitrogens is 2. The summed E-state index contributed by atoms with van der Waals surface area (Å²) >= 11 is 0. The van der Waals surface area contributed by atoms with E-state index in [2.05, 4.69) is 45.5 Å². The molecule has 25 heavy (non-hydrogen) atoms. The third-order valence-corrected chi connectivity index (χ3v) is 5.26. The van der Waals surface area contributed by atoms with E-state index in [4.69, 9.17) is 4.98 Å². The van der Waals surface area contributed by atoms with Gasteiger partial charge in [0.05, 0.1) is 6.04 Å². The van der Waals surface area contributed by atoms with Crippen molar-refractivity contribution < 1.29 is 0 Å². The fourth-order valence-corrected chi connectivity index (χ4v) is 4.23. The summed E-state index contributed by atoms with van der Waals surface area (Å²) in [5, 5.41) is 3.39. The first-order chi connectivity index (χ1) is 12.3. The molecule has 0 saturated carbocycles. The highest BCUT2D eigenvalue weighted by Gasteiger charge is 2.42. The van der Waals surface area contributed by atoms with E-state index in [0.29, 0.717) is 12.0 Å². The molecule has 0 spiro atoms. The predicted octanol–water partition coefficient (Wildman–Crippen LogP) is 4.58. The Kier molecular flexibility index (Phi) is 3.23. The van der Waals surface area contributed by atoms with Crippen LogP contribution in [0.5, 0.6) is 0 Å². The third-order valence-electron chi connectivity index (χ3n) is 5.26. The zero-order valence-electron chi connectivity index (χ0n) is 14.2. The minimum Gasteiger partial charge on any atom is -0.349 e. The Bertz CT molecular complexity index is 922. The summed E-state index contributed by atoms with van der Waals surface area (Å²) in [6.45, 7) is 3.00. The monoisotopic (exact) mass is 328 g/mol. The molecule has 3 aromatic rings. The molecule has 1 N–H and O–H groups in total. The third kappa shape index (κ3) is 2.45. The summed E-state index contributed by atoms with van der Waals surface area (Å²) in [6, 6.07) is 21.5. The summed E-state index contributed by atoms with van der Waals surface area (Å²) in [5.41, 5.74) is 4.03. The van der Waals surface area contributed by atoms with Crippen LogP contribution >= 0.6 is 0 Å².